The summed E-state index contributed by atoms with van der Waals surface area (Å²) in [5.41, 5.74) is 1.11. The average Bonchev–Trinajstić information content (AvgIpc) is 3.10. The van der Waals surface area contributed by atoms with E-state index in [1.54, 1.807) is 7.11 Å². The molecular formula is C15H19N5O2. The molecule has 3 rings (SSSR count). The van der Waals surface area contributed by atoms with Crippen molar-refractivity contribution in [3.63, 3.8) is 0 Å². The molecule has 7 nitrogen and oxygen atoms in total. The first-order chi connectivity index (χ1) is 10.8. The highest BCUT2D eigenvalue weighted by molar-refractivity contribution is 5.61. The first-order valence-electron chi connectivity index (χ1n) is 7.27. The van der Waals surface area contributed by atoms with Crippen molar-refractivity contribution in [3.8, 4) is 11.5 Å². The second kappa shape index (κ2) is 7.04. The molecule has 1 N–H and O–H groups in total. The molecule has 0 unspecified atom stereocenters. The minimum absolute atomic E-state index is 0.632. The van der Waals surface area contributed by atoms with Crippen molar-refractivity contribution in [2.75, 3.05) is 33.4 Å². The van der Waals surface area contributed by atoms with Crippen molar-refractivity contribution in [2.24, 2.45) is 0 Å². The van der Waals surface area contributed by atoms with Gasteiger partial charge in [-0.05, 0) is 23.8 Å². The van der Waals surface area contributed by atoms with E-state index >= 15 is 0 Å². The third-order valence-electron chi connectivity index (χ3n) is 3.58. The van der Waals surface area contributed by atoms with Gasteiger partial charge in [0, 0.05) is 31.3 Å². The lowest BCUT2D eigenvalue weighted by atomic mass is 10.1. The molecule has 116 valence electrons. The molecule has 1 aromatic carbocycles. The Bertz CT molecular complexity index is 627. The van der Waals surface area contributed by atoms with Gasteiger partial charge in [0.25, 0.3) is 0 Å². The molecular weight excluding hydrogens is 282 g/mol. The van der Waals surface area contributed by atoms with E-state index in [0.717, 1.165) is 43.1 Å². The zero-order chi connectivity index (χ0) is 15.2. The molecule has 0 saturated heterocycles. The summed E-state index contributed by atoms with van der Waals surface area (Å²) in [5, 5.41) is 14.2. The minimum atomic E-state index is 0.632. The van der Waals surface area contributed by atoms with Crippen LogP contribution in [0.3, 0.4) is 0 Å². The van der Waals surface area contributed by atoms with Gasteiger partial charge in [-0.15, -0.1) is 10.2 Å². The standard InChI is InChI=1S/C15H19N5O2/c1-21-13-5-2-6-14(10-13)22-9-8-20-7-3-4-12(11-20)15-16-18-19-17-15/h2,4-6,10H,3,7-9,11H2,1H3,(H,16,17,18,19). The van der Waals surface area contributed by atoms with Crippen LogP contribution in [0, 0.1) is 0 Å². The van der Waals surface area contributed by atoms with E-state index in [9.17, 15) is 0 Å². The fourth-order valence-corrected chi connectivity index (χ4v) is 2.44. The Kier molecular flexibility index (Phi) is 4.65. The SMILES string of the molecule is COc1cccc(OCCN2CCC=C(c3nn[nH]n3)C2)c1. The van der Waals surface area contributed by atoms with Gasteiger partial charge in [0.2, 0.25) is 5.82 Å². The zero-order valence-electron chi connectivity index (χ0n) is 12.5. The zero-order valence-corrected chi connectivity index (χ0v) is 12.5. The quantitative estimate of drug-likeness (QED) is 0.868. The van der Waals surface area contributed by atoms with E-state index in [4.69, 9.17) is 9.47 Å². The number of ether oxygens (including phenoxy) is 2. The molecule has 0 amide bonds. The van der Waals surface area contributed by atoms with Crippen LogP contribution in [0.15, 0.2) is 30.3 Å². The first-order valence-corrected chi connectivity index (χ1v) is 7.27. The normalized spacial score (nSPS) is 15.4. The molecule has 1 aliphatic rings. The Morgan fingerprint density at radius 3 is 3.05 bits per heavy atom. The highest BCUT2D eigenvalue weighted by atomic mass is 16.5. The number of aromatic nitrogens is 4. The second-order valence-corrected chi connectivity index (χ2v) is 5.06. The van der Waals surface area contributed by atoms with Crippen LogP contribution >= 0.6 is 0 Å². The van der Waals surface area contributed by atoms with Gasteiger partial charge in [-0.25, -0.2) is 0 Å². The molecule has 2 heterocycles. The number of H-pyrrole nitrogens is 1. The highest BCUT2D eigenvalue weighted by Crippen LogP contribution is 2.19. The number of nitrogens with zero attached hydrogens (tertiary/aromatic N) is 4. The molecule has 0 saturated carbocycles. The van der Waals surface area contributed by atoms with Gasteiger partial charge in [-0.1, -0.05) is 12.1 Å². The number of hydrogen-bond acceptors (Lipinski definition) is 6. The predicted octanol–water partition coefficient (Wildman–Crippen LogP) is 1.38. The molecule has 1 aliphatic heterocycles. The Hall–Kier alpha value is -2.41. The predicted molar refractivity (Wildman–Crippen MR) is 81.7 cm³/mol. The Morgan fingerprint density at radius 2 is 2.23 bits per heavy atom. The molecule has 0 spiro atoms. The fourth-order valence-electron chi connectivity index (χ4n) is 2.44. The molecule has 0 bridgehead atoms. The maximum Gasteiger partial charge on any atom is 0.201 e. The molecule has 7 heteroatoms. The maximum atomic E-state index is 5.79. The number of hydrogen-bond donors (Lipinski definition) is 1. The number of benzene rings is 1. The van der Waals surface area contributed by atoms with Gasteiger partial charge in [0.05, 0.1) is 7.11 Å². The number of rotatable bonds is 6. The van der Waals surface area contributed by atoms with Crippen molar-refractivity contribution >= 4 is 5.57 Å². The van der Waals surface area contributed by atoms with Crippen LogP contribution in [-0.4, -0.2) is 58.9 Å². The fraction of sp³-hybridized carbons (Fsp3) is 0.400. The summed E-state index contributed by atoms with van der Waals surface area (Å²) in [6.45, 7) is 3.32. The second-order valence-electron chi connectivity index (χ2n) is 5.06. The third-order valence-corrected chi connectivity index (χ3v) is 3.58. The van der Waals surface area contributed by atoms with Crippen LogP contribution in [0.1, 0.15) is 12.2 Å². The lowest BCUT2D eigenvalue weighted by Gasteiger charge is -2.25. The third kappa shape index (κ3) is 3.62. The Labute approximate surface area is 128 Å². The largest absolute Gasteiger partial charge is 0.497 e. The Balaban J connectivity index is 1.49. The van der Waals surface area contributed by atoms with Crippen LogP contribution in [-0.2, 0) is 0 Å². The Morgan fingerprint density at radius 1 is 1.32 bits per heavy atom. The lowest BCUT2D eigenvalue weighted by molar-refractivity contribution is 0.223. The first kappa shape index (κ1) is 14.5. The van der Waals surface area contributed by atoms with Gasteiger partial charge < -0.3 is 9.47 Å². The van der Waals surface area contributed by atoms with Crippen LogP contribution < -0.4 is 9.47 Å². The number of aromatic amines is 1. The van der Waals surface area contributed by atoms with E-state index in [0.29, 0.717) is 12.4 Å². The molecule has 1 aromatic heterocycles. The van der Waals surface area contributed by atoms with Gasteiger partial charge in [0.1, 0.15) is 18.1 Å². The molecule has 0 fully saturated rings. The summed E-state index contributed by atoms with van der Waals surface area (Å²) in [5.74, 6) is 2.31. The molecule has 22 heavy (non-hydrogen) atoms. The van der Waals surface area contributed by atoms with E-state index < -0.39 is 0 Å². The summed E-state index contributed by atoms with van der Waals surface area (Å²) in [6, 6.07) is 7.65. The lowest BCUT2D eigenvalue weighted by Crippen LogP contribution is -2.33. The van der Waals surface area contributed by atoms with Gasteiger partial charge in [0.15, 0.2) is 0 Å². The van der Waals surface area contributed by atoms with Crippen molar-refractivity contribution in [1.82, 2.24) is 25.5 Å². The van der Waals surface area contributed by atoms with E-state index in [1.165, 1.54) is 0 Å². The summed E-state index contributed by atoms with van der Waals surface area (Å²) in [4.78, 5) is 2.33. The van der Waals surface area contributed by atoms with Crippen LogP contribution in [0.25, 0.3) is 5.57 Å². The van der Waals surface area contributed by atoms with Crippen molar-refractivity contribution in [1.29, 1.82) is 0 Å². The van der Waals surface area contributed by atoms with Crippen molar-refractivity contribution in [3.05, 3.63) is 36.2 Å². The van der Waals surface area contributed by atoms with E-state index in [2.05, 4.69) is 31.6 Å². The monoisotopic (exact) mass is 301 g/mol. The van der Waals surface area contributed by atoms with E-state index in [1.807, 2.05) is 24.3 Å². The van der Waals surface area contributed by atoms with E-state index in [-0.39, 0.29) is 0 Å². The average molecular weight is 301 g/mol. The van der Waals surface area contributed by atoms with Gasteiger partial charge in [-0.3, -0.25) is 4.90 Å². The summed E-state index contributed by atoms with van der Waals surface area (Å²) in [6.07, 6.45) is 3.16. The van der Waals surface area contributed by atoms with Gasteiger partial charge in [-0.2, -0.15) is 5.21 Å². The number of methoxy groups -OCH3 is 1. The highest BCUT2D eigenvalue weighted by Gasteiger charge is 2.16. The summed E-state index contributed by atoms with van der Waals surface area (Å²) in [7, 11) is 1.65. The molecule has 0 atom stereocenters. The topological polar surface area (TPSA) is 76.2 Å². The summed E-state index contributed by atoms with van der Waals surface area (Å²) < 4.78 is 11.0. The van der Waals surface area contributed by atoms with Crippen molar-refractivity contribution < 1.29 is 9.47 Å². The molecule has 2 aromatic rings. The van der Waals surface area contributed by atoms with Crippen LogP contribution in [0.2, 0.25) is 0 Å². The number of tetrazole rings is 1. The summed E-state index contributed by atoms with van der Waals surface area (Å²) >= 11 is 0. The molecule has 0 radical (unpaired) electrons. The minimum Gasteiger partial charge on any atom is -0.497 e. The molecule has 0 aliphatic carbocycles. The number of nitrogens with one attached hydrogen (secondary N) is 1. The van der Waals surface area contributed by atoms with Gasteiger partial charge >= 0.3 is 0 Å². The smallest absolute Gasteiger partial charge is 0.201 e. The maximum absolute atomic E-state index is 5.79. The van der Waals surface area contributed by atoms with Crippen LogP contribution in [0.4, 0.5) is 0 Å². The van der Waals surface area contributed by atoms with Crippen LogP contribution in [0.5, 0.6) is 11.5 Å². The van der Waals surface area contributed by atoms with Crippen molar-refractivity contribution in [2.45, 2.75) is 6.42 Å².